The SMILES string of the molecule is C[C@H]1[C@@H](c2cc(C(F)(F)F)cc(C(F)(F)F)c2)OC(=O)N1CC1=C(c2ccc(F)c(-c3ccc(C(=O)O)cc3F)c2)CCC(C)(C)C1. The van der Waals surface area contributed by atoms with E-state index in [9.17, 15) is 40.3 Å². The van der Waals surface area contributed by atoms with Gasteiger partial charge in [0.15, 0.2) is 0 Å². The van der Waals surface area contributed by atoms with E-state index in [2.05, 4.69) is 0 Å². The molecule has 0 radical (unpaired) electrons. The average molecular weight is 668 g/mol. The Morgan fingerprint density at radius 3 is 2.13 bits per heavy atom. The zero-order valence-corrected chi connectivity index (χ0v) is 25.3. The van der Waals surface area contributed by atoms with Crippen molar-refractivity contribution in [3.8, 4) is 11.1 Å². The Kier molecular flexibility index (Phi) is 8.65. The highest BCUT2D eigenvalue weighted by atomic mass is 19.4. The van der Waals surface area contributed by atoms with Crippen LogP contribution in [0.3, 0.4) is 0 Å². The molecule has 1 saturated heterocycles. The number of benzene rings is 3. The number of carboxylic acids is 1. The Labute approximate surface area is 264 Å². The lowest BCUT2D eigenvalue weighted by Gasteiger charge is -2.35. The first-order valence-electron chi connectivity index (χ1n) is 14.6. The molecule has 0 spiro atoms. The molecule has 0 saturated carbocycles. The normalized spacial score (nSPS) is 20.1. The maximum atomic E-state index is 15.0. The molecule has 1 fully saturated rings. The van der Waals surface area contributed by atoms with Crippen LogP contribution < -0.4 is 0 Å². The third-order valence-electron chi connectivity index (χ3n) is 8.68. The molecular weight excluding hydrogens is 638 g/mol. The molecule has 1 aliphatic carbocycles. The van der Waals surface area contributed by atoms with Crippen LogP contribution in [0.4, 0.5) is 39.9 Å². The molecule has 250 valence electrons. The van der Waals surface area contributed by atoms with Crippen molar-refractivity contribution in [2.24, 2.45) is 5.41 Å². The molecule has 1 aliphatic heterocycles. The van der Waals surface area contributed by atoms with Crippen molar-refractivity contribution in [1.29, 1.82) is 0 Å². The summed E-state index contributed by atoms with van der Waals surface area (Å²) in [6.45, 7) is 5.38. The minimum Gasteiger partial charge on any atom is -0.478 e. The van der Waals surface area contributed by atoms with Gasteiger partial charge >= 0.3 is 24.4 Å². The highest BCUT2D eigenvalue weighted by Crippen LogP contribution is 2.46. The van der Waals surface area contributed by atoms with Crippen molar-refractivity contribution >= 4 is 17.6 Å². The molecule has 0 unspecified atom stereocenters. The Morgan fingerprint density at radius 2 is 1.55 bits per heavy atom. The van der Waals surface area contributed by atoms with Crippen LogP contribution in [0.2, 0.25) is 0 Å². The molecular formula is C34H29F8NO4. The fourth-order valence-corrected chi connectivity index (χ4v) is 6.21. The fourth-order valence-electron chi connectivity index (χ4n) is 6.21. The standard InChI is InChI=1S/C34H29F8NO4/c1-17-29(20-10-22(33(37,38)39)14-23(11-20)34(40,41)42)47-31(46)43(17)16-21-15-32(2,3)9-8-24(21)18-5-7-27(35)26(12-18)25-6-4-19(30(44)45)13-28(25)36/h4-7,10-14,17,29H,8-9,15-16H2,1-3H3,(H,44,45)/t17-,29-/m0/s1. The van der Waals surface area contributed by atoms with E-state index in [0.717, 1.165) is 23.8 Å². The summed E-state index contributed by atoms with van der Waals surface area (Å²) < 4.78 is 117. The largest absolute Gasteiger partial charge is 0.478 e. The lowest BCUT2D eigenvalue weighted by molar-refractivity contribution is -0.143. The third kappa shape index (κ3) is 6.98. The van der Waals surface area contributed by atoms with Crippen molar-refractivity contribution in [2.45, 2.75) is 64.5 Å². The van der Waals surface area contributed by atoms with Gasteiger partial charge in [0.05, 0.1) is 22.7 Å². The third-order valence-corrected chi connectivity index (χ3v) is 8.68. The minimum atomic E-state index is -5.08. The number of carbonyl (C=O) groups is 2. The predicted octanol–water partition coefficient (Wildman–Crippen LogP) is 9.91. The number of aromatic carboxylic acids is 1. The Hall–Kier alpha value is -4.42. The Balaban J connectivity index is 1.52. The molecule has 1 amide bonds. The zero-order chi connectivity index (χ0) is 34.6. The fraction of sp³-hybridized carbons (Fsp3) is 0.353. The Morgan fingerprint density at radius 1 is 0.915 bits per heavy atom. The van der Waals surface area contributed by atoms with Crippen LogP contribution in [0, 0.1) is 17.0 Å². The van der Waals surface area contributed by atoms with Crippen LogP contribution in [0.25, 0.3) is 16.7 Å². The maximum absolute atomic E-state index is 15.0. The number of allylic oxidation sites excluding steroid dienone is 1. The molecule has 3 aromatic carbocycles. The summed E-state index contributed by atoms with van der Waals surface area (Å²) >= 11 is 0. The smallest absolute Gasteiger partial charge is 0.416 e. The summed E-state index contributed by atoms with van der Waals surface area (Å²) in [4.78, 5) is 25.6. The number of ether oxygens (including phenoxy) is 1. The number of halogens is 8. The van der Waals surface area contributed by atoms with Crippen molar-refractivity contribution in [1.82, 2.24) is 4.90 Å². The molecule has 0 bridgehead atoms. The lowest BCUT2D eigenvalue weighted by atomic mass is 9.72. The molecule has 3 aromatic rings. The lowest BCUT2D eigenvalue weighted by Crippen LogP contribution is -2.35. The average Bonchev–Trinajstić information content (AvgIpc) is 3.24. The minimum absolute atomic E-state index is 0.00718. The molecule has 13 heteroatoms. The van der Waals surface area contributed by atoms with Crippen molar-refractivity contribution in [3.63, 3.8) is 0 Å². The molecule has 5 rings (SSSR count). The van der Waals surface area contributed by atoms with Crippen LogP contribution in [0.15, 0.2) is 60.2 Å². The highest BCUT2D eigenvalue weighted by Gasteiger charge is 2.44. The first-order chi connectivity index (χ1) is 21.7. The van der Waals surface area contributed by atoms with Gasteiger partial charge in [0.1, 0.15) is 17.7 Å². The van der Waals surface area contributed by atoms with Gasteiger partial charge in [-0.2, -0.15) is 26.3 Å². The number of carboxylic acid groups (broad SMARTS) is 1. The quantitative estimate of drug-likeness (QED) is 0.266. The number of nitrogens with zero attached hydrogens (tertiary/aromatic N) is 1. The van der Waals surface area contributed by atoms with Crippen LogP contribution in [-0.2, 0) is 17.1 Å². The molecule has 5 nitrogen and oxygen atoms in total. The summed E-state index contributed by atoms with van der Waals surface area (Å²) in [5, 5.41) is 9.16. The van der Waals surface area contributed by atoms with Crippen LogP contribution in [-0.4, -0.2) is 34.7 Å². The van der Waals surface area contributed by atoms with Gasteiger partial charge < -0.3 is 9.84 Å². The van der Waals surface area contributed by atoms with Gasteiger partial charge in [-0.1, -0.05) is 26.0 Å². The second-order valence-electron chi connectivity index (χ2n) is 12.6. The van der Waals surface area contributed by atoms with Gasteiger partial charge in [-0.25, -0.2) is 18.4 Å². The first kappa shape index (κ1) is 33.9. The van der Waals surface area contributed by atoms with E-state index >= 15 is 4.39 Å². The van der Waals surface area contributed by atoms with E-state index in [1.807, 2.05) is 13.8 Å². The van der Waals surface area contributed by atoms with Gasteiger partial charge in [-0.05, 0) is 96.3 Å². The summed E-state index contributed by atoms with van der Waals surface area (Å²) in [5.74, 6) is -3.05. The Bertz CT molecular complexity index is 1740. The number of amides is 1. The molecule has 2 atom stereocenters. The molecule has 0 aromatic heterocycles. The zero-order valence-electron chi connectivity index (χ0n) is 25.3. The van der Waals surface area contributed by atoms with Crippen LogP contribution in [0.1, 0.15) is 78.7 Å². The number of alkyl halides is 6. The number of hydrogen-bond donors (Lipinski definition) is 1. The van der Waals surface area contributed by atoms with Gasteiger partial charge in [-0.15, -0.1) is 0 Å². The second-order valence-corrected chi connectivity index (χ2v) is 12.6. The highest BCUT2D eigenvalue weighted by molar-refractivity contribution is 5.88. The topological polar surface area (TPSA) is 66.8 Å². The van der Waals surface area contributed by atoms with Crippen LogP contribution in [0.5, 0.6) is 0 Å². The maximum Gasteiger partial charge on any atom is 0.416 e. The van der Waals surface area contributed by atoms with E-state index in [-0.39, 0.29) is 34.7 Å². The van der Waals surface area contributed by atoms with Crippen molar-refractivity contribution in [2.75, 3.05) is 6.54 Å². The molecule has 1 N–H and O–H groups in total. The summed E-state index contributed by atoms with van der Waals surface area (Å²) in [6, 6.07) is 7.31. The van der Waals surface area contributed by atoms with E-state index in [1.54, 1.807) is 0 Å². The second kappa shape index (κ2) is 12.0. The van der Waals surface area contributed by atoms with Crippen molar-refractivity contribution in [3.05, 3.63) is 99.6 Å². The molecule has 47 heavy (non-hydrogen) atoms. The molecule has 2 aliphatic rings. The van der Waals surface area contributed by atoms with Crippen LogP contribution >= 0.6 is 0 Å². The van der Waals surface area contributed by atoms with E-state index in [1.165, 1.54) is 30.0 Å². The van der Waals surface area contributed by atoms with Gasteiger partial charge in [-0.3, -0.25) is 4.90 Å². The summed E-state index contributed by atoms with van der Waals surface area (Å²) in [5.41, 5.74) is -2.40. The van der Waals surface area contributed by atoms with Gasteiger partial charge in [0.25, 0.3) is 0 Å². The molecule has 1 heterocycles. The van der Waals surface area contributed by atoms with E-state index < -0.39 is 64.9 Å². The first-order valence-corrected chi connectivity index (χ1v) is 14.6. The van der Waals surface area contributed by atoms with Gasteiger partial charge in [0, 0.05) is 17.7 Å². The predicted molar refractivity (Wildman–Crippen MR) is 155 cm³/mol. The monoisotopic (exact) mass is 667 g/mol. The van der Waals surface area contributed by atoms with E-state index in [4.69, 9.17) is 9.84 Å². The van der Waals surface area contributed by atoms with Gasteiger partial charge in [0.2, 0.25) is 0 Å². The number of cyclic esters (lactones) is 1. The van der Waals surface area contributed by atoms with Crippen molar-refractivity contribution < 1.29 is 54.6 Å². The van der Waals surface area contributed by atoms with E-state index in [0.29, 0.717) is 42.5 Å². The number of carbonyl (C=O) groups excluding carboxylic acids is 1. The summed E-state index contributed by atoms with van der Waals surface area (Å²) in [7, 11) is 0. The number of hydrogen-bond acceptors (Lipinski definition) is 3. The summed E-state index contributed by atoms with van der Waals surface area (Å²) in [6.07, 6.45) is -10.9. The number of rotatable bonds is 6.